The van der Waals surface area contributed by atoms with Crippen LogP contribution in [0.3, 0.4) is 0 Å². The van der Waals surface area contributed by atoms with Crippen LogP contribution in [-0.4, -0.2) is 34.1 Å². The minimum atomic E-state index is -0.378. The molecule has 6 heteroatoms. The van der Waals surface area contributed by atoms with E-state index in [0.717, 1.165) is 44.2 Å². The van der Waals surface area contributed by atoms with E-state index in [0.29, 0.717) is 25.1 Å². The van der Waals surface area contributed by atoms with Gasteiger partial charge in [0.2, 0.25) is 0 Å². The van der Waals surface area contributed by atoms with Crippen LogP contribution in [0.25, 0.3) is 32.7 Å². The molecule has 31 heavy (non-hydrogen) atoms. The predicted octanol–water partition coefficient (Wildman–Crippen LogP) is 5.10. The van der Waals surface area contributed by atoms with Crippen LogP contribution >= 0.6 is 0 Å². The van der Waals surface area contributed by atoms with Crippen LogP contribution in [0.15, 0.2) is 66.9 Å². The largest absolute Gasteiger partial charge is 0.462 e. The summed E-state index contributed by atoms with van der Waals surface area (Å²) in [6.07, 6.45) is 2.30. The molecule has 0 bridgehead atoms. The van der Waals surface area contributed by atoms with Gasteiger partial charge >= 0.3 is 5.97 Å². The monoisotopic (exact) mass is 410 g/mol. The molecule has 5 aromatic rings. The Morgan fingerprint density at radius 1 is 1.03 bits per heavy atom. The van der Waals surface area contributed by atoms with Crippen LogP contribution in [0.1, 0.15) is 23.1 Å². The summed E-state index contributed by atoms with van der Waals surface area (Å²) in [7, 11) is 0. The number of para-hydroxylation sites is 2. The first-order chi connectivity index (χ1) is 15.2. The zero-order valence-corrected chi connectivity index (χ0v) is 17.2. The highest BCUT2D eigenvalue weighted by Crippen LogP contribution is 2.31. The number of nitrogens with one attached hydrogen (secondary N) is 2. The molecule has 0 radical (unpaired) electrons. The first kappa shape index (κ1) is 19.1. The van der Waals surface area contributed by atoms with E-state index in [-0.39, 0.29) is 5.97 Å². The van der Waals surface area contributed by atoms with Gasteiger partial charge in [0, 0.05) is 29.9 Å². The molecule has 154 valence electrons. The third-order valence-electron chi connectivity index (χ3n) is 5.36. The SMILES string of the molecule is CCOC(=O)c1cnc2c(ccc3ccccc32)c1NCCc1nc2ccccc2[nH]1. The summed E-state index contributed by atoms with van der Waals surface area (Å²) < 4.78 is 5.27. The van der Waals surface area contributed by atoms with Crippen molar-refractivity contribution in [3.05, 3.63) is 78.2 Å². The van der Waals surface area contributed by atoms with E-state index in [1.165, 1.54) is 0 Å². The Labute approximate surface area is 179 Å². The molecule has 0 fully saturated rings. The van der Waals surface area contributed by atoms with E-state index >= 15 is 0 Å². The average molecular weight is 410 g/mol. The van der Waals surface area contributed by atoms with Crippen LogP contribution in [-0.2, 0) is 11.2 Å². The quantitative estimate of drug-likeness (QED) is 0.301. The maximum absolute atomic E-state index is 12.6. The lowest BCUT2D eigenvalue weighted by Crippen LogP contribution is -2.13. The number of esters is 1. The van der Waals surface area contributed by atoms with Crippen molar-refractivity contribution in [2.75, 3.05) is 18.5 Å². The topological polar surface area (TPSA) is 79.9 Å². The zero-order chi connectivity index (χ0) is 21.2. The molecule has 6 nitrogen and oxygen atoms in total. The van der Waals surface area contributed by atoms with Crippen LogP contribution in [0.5, 0.6) is 0 Å². The van der Waals surface area contributed by atoms with Crippen molar-refractivity contribution in [2.24, 2.45) is 0 Å². The van der Waals surface area contributed by atoms with E-state index in [9.17, 15) is 4.79 Å². The molecular formula is C25H22N4O2. The summed E-state index contributed by atoms with van der Waals surface area (Å²) in [4.78, 5) is 25.2. The number of hydrogen-bond acceptors (Lipinski definition) is 5. The molecule has 2 N–H and O–H groups in total. The maximum atomic E-state index is 12.6. The molecule has 0 saturated carbocycles. The number of pyridine rings is 1. The second-order valence-electron chi connectivity index (χ2n) is 7.33. The van der Waals surface area contributed by atoms with Gasteiger partial charge in [-0.1, -0.05) is 48.5 Å². The van der Waals surface area contributed by atoms with Gasteiger partial charge in [0.05, 0.1) is 28.8 Å². The number of rotatable bonds is 6. The van der Waals surface area contributed by atoms with Gasteiger partial charge in [0.1, 0.15) is 11.4 Å². The second-order valence-corrected chi connectivity index (χ2v) is 7.33. The van der Waals surface area contributed by atoms with Crippen molar-refractivity contribution >= 4 is 44.4 Å². The minimum absolute atomic E-state index is 0.313. The Bertz CT molecular complexity index is 1370. The standard InChI is InChI=1S/C25H22N4O2/c1-2-31-25(30)19-15-27-23-17-8-4-3-7-16(17)11-12-18(23)24(19)26-14-13-22-28-20-9-5-6-10-21(20)29-22/h3-12,15H,2,13-14H2,1H3,(H,26,27)(H,28,29). The van der Waals surface area contributed by atoms with Crippen molar-refractivity contribution < 1.29 is 9.53 Å². The number of aromatic nitrogens is 3. The number of hydrogen-bond donors (Lipinski definition) is 2. The van der Waals surface area contributed by atoms with Gasteiger partial charge in [0.15, 0.2) is 0 Å². The minimum Gasteiger partial charge on any atom is -0.462 e. The first-order valence-corrected chi connectivity index (χ1v) is 10.4. The molecule has 2 heterocycles. The van der Waals surface area contributed by atoms with Gasteiger partial charge in [-0.05, 0) is 24.4 Å². The highest BCUT2D eigenvalue weighted by molar-refractivity contribution is 6.13. The molecule has 0 atom stereocenters. The number of benzene rings is 3. The van der Waals surface area contributed by atoms with Crippen LogP contribution in [0.2, 0.25) is 0 Å². The second kappa shape index (κ2) is 8.07. The third-order valence-corrected chi connectivity index (χ3v) is 5.36. The Kier molecular flexibility index (Phi) is 4.96. The van der Waals surface area contributed by atoms with Crippen molar-refractivity contribution in [1.82, 2.24) is 15.0 Å². The molecular weight excluding hydrogens is 388 g/mol. The number of imidazole rings is 1. The van der Waals surface area contributed by atoms with Gasteiger partial charge in [-0.15, -0.1) is 0 Å². The Hall–Kier alpha value is -3.93. The number of carbonyl (C=O) groups is 1. The number of H-pyrrole nitrogens is 1. The van der Waals surface area contributed by atoms with Gasteiger partial charge in [0.25, 0.3) is 0 Å². The molecule has 0 saturated heterocycles. The molecule has 0 unspecified atom stereocenters. The number of carbonyl (C=O) groups excluding carboxylic acids is 1. The van der Waals surface area contributed by atoms with Crippen LogP contribution in [0.4, 0.5) is 5.69 Å². The van der Waals surface area contributed by atoms with Gasteiger partial charge in [-0.25, -0.2) is 9.78 Å². The Morgan fingerprint density at radius 2 is 1.87 bits per heavy atom. The van der Waals surface area contributed by atoms with Crippen molar-refractivity contribution in [2.45, 2.75) is 13.3 Å². The van der Waals surface area contributed by atoms with Crippen molar-refractivity contribution in [1.29, 1.82) is 0 Å². The molecule has 0 aliphatic rings. The van der Waals surface area contributed by atoms with Gasteiger partial charge in [-0.2, -0.15) is 0 Å². The van der Waals surface area contributed by atoms with Crippen LogP contribution in [0, 0.1) is 0 Å². The van der Waals surface area contributed by atoms with Gasteiger partial charge < -0.3 is 15.0 Å². The first-order valence-electron chi connectivity index (χ1n) is 10.4. The zero-order valence-electron chi connectivity index (χ0n) is 17.2. The van der Waals surface area contributed by atoms with E-state index in [2.05, 4.69) is 32.4 Å². The number of fused-ring (bicyclic) bond motifs is 4. The molecule has 5 rings (SSSR count). The predicted molar refractivity (Wildman–Crippen MR) is 123 cm³/mol. The van der Waals surface area contributed by atoms with E-state index in [1.807, 2.05) is 48.5 Å². The maximum Gasteiger partial charge on any atom is 0.341 e. The van der Waals surface area contributed by atoms with Gasteiger partial charge in [-0.3, -0.25) is 4.98 Å². The van der Waals surface area contributed by atoms with Crippen LogP contribution < -0.4 is 5.32 Å². The Balaban J connectivity index is 1.51. The lowest BCUT2D eigenvalue weighted by atomic mass is 10.0. The number of anilines is 1. The molecule has 0 amide bonds. The fraction of sp³-hybridized carbons (Fsp3) is 0.160. The highest BCUT2D eigenvalue weighted by atomic mass is 16.5. The average Bonchev–Trinajstić information content (AvgIpc) is 3.22. The molecule has 3 aromatic carbocycles. The number of ether oxygens (including phenoxy) is 1. The lowest BCUT2D eigenvalue weighted by Gasteiger charge is -2.15. The molecule has 0 aliphatic carbocycles. The highest BCUT2D eigenvalue weighted by Gasteiger charge is 2.17. The number of nitrogens with zero attached hydrogens (tertiary/aromatic N) is 2. The smallest absolute Gasteiger partial charge is 0.341 e. The summed E-state index contributed by atoms with van der Waals surface area (Å²) in [6, 6.07) is 20.1. The third kappa shape index (κ3) is 3.57. The van der Waals surface area contributed by atoms with Crippen molar-refractivity contribution in [3.63, 3.8) is 0 Å². The van der Waals surface area contributed by atoms with E-state index < -0.39 is 0 Å². The Morgan fingerprint density at radius 3 is 2.74 bits per heavy atom. The summed E-state index contributed by atoms with van der Waals surface area (Å²) >= 11 is 0. The fourth-order valence-corrected chi connectivity index (χ4v) is 3.92. The van der Waals surface area contributed by atoms with E-state index in [4.69, 9.17) is 4.74 Å². The number of aromatic amines is 1. The summed E-state index contributed by atoms with van der Waals surface area (Å²) in [5.74, 6) is 0.520. The molecule has 2 aromatic heterocycles. The molecule has 0 aliphatic heterocycles. The van der Waals surface area contributed by atoms with Crippen molar-refractivity contribution in [3.8, 4) is 0 Å². The summed E-state index contributed by atoms with van der Waals surface area (Å²) in [5.41, 5.74) is 4.01. The fourth-order valence-electron chi connectivity index (χ4n) is 3.92. The summed E-state index contributed by atoms with van der Waals surface area (Å²) in [5, 5.41) is 6.51. The normalized spacial score (nSPS) is 11.3. The summed E-state index contributed by atoms with van der Waals surface area (Å²) in [6.45, 7) is 2.72. The molecule has 0 spiro atoms. The van der Waals surface area contributed by atoms with E-state index in [1.54, 1.807) is 13.1 Å². The lowest BCUT2D eigenvalue weighted by molar-refractivity contribution is 0.0527.